The molecule has 104 valence electrons. The quantitative estimate of drug-likeness (QED) is 0.908. The number of aryl methyl sites for hydroxylation is 1. The SMILES string of the molecule is CC(=O)N(Cc1ccc(F)cc1C)C1CCNCC1. The fourth-order valence-corrected chi connectivity index (χ4v) is 2.64. The van der Waals surface area contributed by atoms with Crippen LogP contribution < -0.4 is 5.32 Å². The normalized spacial score (nSPS) is 16.4. The Bertz CT molecular complexity index is 455. The first-order valence-electron chi connectivity index (χ1n) is 6.81. The van der Waals surface area contributed by atoms with Gasteiger partial charge in [0.05, 0.1) is 0 Å². The molecule has 0 aromatic heterocycles. The number of hydrogen-bond acceptors (Lipinski definition) is 2. The molecule has 1 saturated heterocycles. The van der Waals surface area contributed by atoms with Crippen molar-refractivity contribution in [2.24, 2.45) is 0 Å². The van der Waals surface area contributed by atoms with Gasteiger partial charge in [0.25, 0.3) is 0 Å². The van der Waals surface area contributed by atoms with E-state index in [2.05, 4.69) is 5.32 Å². The van der Waals surface area contributed by atoms with Crippen LogP contribution in [0.3, 0.4) is 0 Å². The van der Waals surface area contributed by atoms with Gasteiger partial charge in [-0.1, -0.05) is 6.07 Å². The van der Waals surface area contributed by atoms with Crippen LogP contribution in [0.1, 0.15) is 30.9 Å². The molecule has 2 rings (SSSR count). The van der Waals surface area contributed by atoms with Gasteiger partial charge < -0.3 is 10.2 Å². The van der Waals surface area contributed by atoms with E-state index in [-0.39, 0.29) is 11.7 Å². The molecule has 1 aliphatic heterocycles. The highest BCUT2D eigenvalue weighted by atomic mass is 19.1. The smallest absolute Gasteiger partial charge is 0.219 e. The minimum atomic E-state index is -0.225. The molecule has 0 spiro atoms. The summed E-state index contributed by atoms with van der Waals surface area (Å²) in [7, 11) is 0. The number of hydrogen-bond donors (Lipinski definition) is 1. The molecule has 0 aliphatic carbocycles. The zero-order chi connectivity index (χ0) is 13.8. The van der Waals surface area contributed by atoms with Crippen LogP contribution in [0, 0.1) is 12.7 Å². The molecular weight excluding hydrogens is 243 g/mol. The zero-order valence-electron chi connectivity index (χ0n) is 11.6. The maximum absolute atomic E-state index is 13.1. The molecule has 4 heteroatoms. The lowest BCUT2D eigenvalue weighted by molar-refractivity contribution is -0.132. The first kappa shape index (κ1) is 14.0. The van der Waals surface area contributed by atoms with Gasteiger partial charge in [0, 0.05) is 19.5 Å². The predicted octanol–water partition coefficient (Wildman–Crippen LogP) is 2.23. The van der Waals surface area contributed by atoms with Crippen molar-refractivity contribution in [3.8, 4) is 0 Å². The average molecular weight is 264 g/mol. The van der Waals surface area contributed by atoms with Crippen molar-refractivity contribution in [2.75, 3.05) is 13.1 Å². The lowest BCUT2D eigenvalue weighted by Gasteiger charge is -2.34. The number of halogens is 1. The highest BCUT2D eigenvalue weighted by molar-refractivity contribution is 5.73. The van der Waals surface area contributed by atoms with E-state index >= 15 is 0 Å². The number of amides is 1. The number of nitrogens with zero attached hydrogens (tertiary/aromatic N) is 1. The minimum absolute atomic E-state index is 0.0932. The molecule has 1 aliphatic rings. The van der Waals surface area contributed by atoms with Gasteiger partial charge in [-0.05, 0) is 56.1 Å². The number of carbonyl (C=O) groups excluding carboxylic acids is 1. The van der Waals surface area contributed by atoms with Crippen molar-refractivity contribution < 1.29 is 9.18 Å². The molecule has 1 fully saturated rings. The molecule has 0 unspecified atom stereocenters. The molecular formula is C15H21FN2O. The lowest BCUT2D eigenvalue weighted by Crippen LogP contribution is -2.45. The van der Waals surface area contributed by atoms with Crippen molar-refractivity contribution in [1.82, 2.24) is 10.2 Å². The van der Waals surface area contributed by atoms with Crippen LogP contribution in [0.2, 0.25) is 0 Å². The lowest BCUT2D eigenvalue weighted by atomic mass is 10.0. The molecule has 3 nitrogen and oxygen atoms in total. The predicted molar refractivity (Wildman–Crippen MR) is 73.3 cm³/mol. The Labute approximate surface area is 113 Å². The Morgan fingerprint density at radius 1 is 1.42 bits per heavy atom. The summed E-state index contributed by atoms with van der Waals surface area (Å²) in [5.74, 6) is -0.131. The minimum Gasteiger partial charge on any atom is -0.336 e. The number of benzene rings is 1. The molecule has 1 aromatic rings. The third-order valence-electron chi connectivity index (χ3n) is 3.80. The van der Waals surface area contributed by atoms with Crippen molar-refractivity contribution in [3.63, 3.8) is 0 Å². The van der Waals surface area contributed by atoms with Crippen LogP contribution in [0.15, 0.2) is 18.2 Å². The van der Waals surface area contributed by atoms with Crippen molar-refractivity contribution in [2.45, 2.75) is 39.3 Å². The molecule has 1 heterocycles. The van der Waals surface area contributed by atoms with Crippen LogP contribution in [-0.2, 0) is 11.3 Å². The largest absolute Gasteiger partial charge is 0.336 e. The second-order valence-electron chi connectivity index (χ2n) is 5.20. The van der Waals surface area contributed by atoms with Crippen LogP contribution in [-0.4, -0.2) is 29.9 Å². The van der Waals surface area contributed by atoms with Gasteiger partial charge in [-0.15, -0.1) is 0 Å². The van der Waals surface area contributed by atoms with E-state index in [1.54, 1.807) is 13.0 Å². The second kappa shape index (κ2) is 6.15. The maximum atomic E-state index is 13.1. The fourth-order valence-electron chi connectivity index (χ4n) is 2.64. The van der Waals surface area contributed by atoms with Gasteiger partial charge in [0.1, 0.15) is 5.82 Å². The second-order valence-corrected chi connectivity index (χ2v) is 5.20. The molecule has 0 bridgehead atoms. The van der Waals surface area contributed by atoms with E-state index in [4.69, 9.17) is 0 Å². The Kier molecular flexibility index (Phi) is 4.53. The fraction of sp³-hybridized carbons (Fsp3) is 0.533. The monoisotopic (exact) mass is 264 g/mol. The van der Waals surface area contributed by atoms with E-state index in [9.17, 15) is 9.18 Å². The van der Waals surface area contributed by atoms with Gasteiger partial charge in [-0.2, -0.15) is 0 Å². The molecule has 19 heavy (non-hydrogen) atoms. The van der Waals surface area contributed by atoms with E-state index < -0.39 is 0 Å². The summed E-state index contributed by atoms with van der Waals surface area (Å²) in [5, 5.41) is 3.30. The third-order valence-corrected chi connectivity index (χ3v) is 3.80. The van der Waals surface area contributed by atoms with Crippen LogP contribution in [0.5, 0.6) is 0 Å². The van der Waals surface area contributed by atoms with Crippen molar-refractivity contribution >= 4 is 5.91 Å². The molecule has 0 saturated carbocycles. The summed E-state index contributed by atoms with van der Waals surface area (Å²) in [5.41, 5.74) is 1.93. The first-order valence-corrected chi connectivity index (χ1v) is 6.81. The van der Waals surface area contributed by atoms with Gasteiger partial charge in [0.2, 0.25) is 5.91 Å². The number of nitrogens with one attached hydrogen (secondary N) is 1. The summed E-state index contributed by atoms with van der Waals surface area (Å²) >= 11 is 0. The standard InChI is InChI=1S/C15H21FN2O/c1-11-9-14(16)4-3-13(11)10-18(12(2)19)15-5-7-17-8-6-15/h3-4,9,15,17H,5-8,10H2,1-2H3. The van der Waals surface area contributed by atoms with Gasteiger partial charge in [-0.3, -0.25) is 4.79 Å². The number of carbonyl (C=O) groups is 1. The van der Waals surface area contributed by atoms with E-state index in [0.29, 0.717) is 12.6 Å². The first-order chi connectivity index (χ1) is 9.08. The summed E-state index contributed by atoms with van der Waals surface area (Å²) in [6, 6.07) is 5.06. The summed E-state index contributed by atoms with van der Waals surface area (Å²) < 4.78 is 13.1. The summed E-state index contributed by atoms with van der Waals surface area (Å²) in [6.07, 6.45) is 1.97. The van der Waals surface area contributed by atoms with E-state index in [1.807, 2.05) is 11.8 Å². The number of piperidine rings is 1. The average Bonchev–Trinajstić information content (AvgIpc) is 2.38. The third kappa shape index (κ3) is 3.53. The van der Waals surface area contributed by atoms with Gasteiger partial charge in [-0.25, -0.2) is 4.39 Å². The molecule has 0 radical (unpaired) electrons. The Balaban J connectivity index is 2.13. The highest BCUT2D eigenvalue weighted by Crippen LogP contribution is 2.18. The van der Waals surface area contributed by atoms with E-state index in [1.165, 1.54) is 12.1 Å². The topological polar surface area (TPSA) is 32.3 Å². The Morgan fingerprint density at radius 2 is 2.11 bits per heavy atom. The molecule has 1 N–H and O–H groups in total. The van der Waals surface area contributed by atoms with Crippen LogP contribution in [0.4, 0.5) is 4.39 Å². The van der Waals surface area contributed by atoms with Crippen LogP contribution in [0.25, 0.3) is 0 Å². The number of rotatable bonds is 3. The van der Waals surface area contributed by atoms with Gasteiger partial charge >= 0.3 is 0 Å². The van der Waals surface area contributed by atoms with Gasteiger partial charge in [0.15, 0.2) is 0 Å². The van der Waals surface area contributed by atoms with Crippen LogP contribution >= 0.6 is 0 Å². The Morgan fingerprint density at radius 3 is 2.68 bits per heavy atom. The van der Waals surface area contributed by atoms with Crippen molar-refractivity contribution in [3.05, 3.63) is 35.1 Å². The van der Waals surface area contributed by atoms with Crippen molar-refractivity contribution in [1.29, 1.82) is 0 Å². The summed E-state index contributed by atoms with van der Waals surface area (Å²) in [6.45, 7) is 5.99. The highest BCUT2D eigenvalue weighted by Gasteiger charge is 2.23. The molecule has 0 atom stereocenters. The van der Waals surface area contributed by atoms with E-state index in [0.717, 1.165) is 37.1 Å². The Hall–Kier alpha value is -1.42. The maximum Gasteiger partial charge on any atom is 0.219 e. The molecule has 1 aromatic carbocycles. The zero-order valence-corrected chi connectivity index (χ0v) is 11.6. The summed E-state index contributed by atoms with van der Waals surface area (Å²) in [4.78, 5) is 13.8. The molecule has 1 amide bonds.